The van der Waals surface area contributed by atoms with Crippen LogP contribution in [0.1, 0.15) is 39.5 Å². The Bertz CT molecular complexity index is 507. The van der Waals surface area contributed by atoms with Crippen molar-refractivity contribution in [2.75, 3.05) is 26.8 Å². The monoisotopic (exact) mass is 350 g/mol. The van der Waals surface area contributed by atoms with Crippen LogP contribution in [-0.2, 0) is 4.74 Å². The van der Waals surface area contributed by atoms with Crippen molar-refractivity contribution in [3.05, 3.63) is 0 Å². The molecule has 0 aromatic carbocycles. The summed E-state index contributed by atoms with van der Waals surface area (Å²) in [6.07, 6.45) is 8.48. The smallest absolute Gasteiger partial charge is 0.113 e. The molecule has 6 heteroatoms. The largest absolute Gasteiger partial charge is 0.385 e. The van der Waals surface area contributed by atoms with E-state index in [4.69, 9.17) is 14.7 Å². The van der Waals surface area contributed by atoms with E-state index in [0.717, 1.165) is 32.5 Å². The zero-order valence-electron chi connectivity index (χ0n) is 15.1. The van der Waals surface area contributed by atoms with Gasteiger partial charge in [0.1, 0.15) is 17.5 Å². The second-order valence-electron chi connectivity index (χ2n) is 7.08. The summed E-state index contributed by atoms with van der Waals surface area (Å²) in [5.41, 5.74) is 0. The number of thioether (sulfide) groups is 1. The lowest BCUT2D eigenvalue weighted by Crippen LogP contribution is -2.46. The van der Waals surface area contributed by atoms with Crippen LogP contribution in [0.4, 0.5) is 0 Å². The standard InChI is InChI=1S/C18H30N4OS/c1-13-14(2)24-18-16(13)17(20-12-21-18)22(9-6-10-23-3)11-15-7-4-5-8-19-15/h8,12-16,18H,4-7,9-11H2,1-3H3. The van der Waals surface area contributed by atoms with Crippen molar-refractivity contribution in [2.45, 2.75) is 56.2 Å². The summed E-state index contributed by atoms with van der Waals surface area (Å²) in [6, 6.07) is 0.406. The minimum Gasteiger partial charge on any atom is -0.385 e. The van der Waals surface area contributed by atoms with Gasteiger partial charge in [-0.25, -0.2) is 4.99 Å². The van der Waals surface area contributed by atoms with Gasteiger partial charge < -0.3 is 9.64 Å². The molecule has 0 saturated carbocycles. The highest BCUT2D eigenvalue weighted by atomic mass is 32.2. The van der Waals surface area contributed by atoms with Crippen LogP contribution in [0, 0.1) is 11.8 Å². The highest BCUT2D eigenvalue weighted by Crippen LogP contribution is 2.45. The minimum atomic E-state index is 0.335. The molecule has 5 nitrogen and oxygen atoms in total. The number of nitrogens with zero attached hydrogens (tertiary/aromatic N) is 4. The van der Waals surface area contributed by atoms with E-state index >= 15 is 0 Å². The molecule has 0 N–H and O–H groups in total. The molecule has 5 atom stereocenters. The second-order valence-corrected chi connectivity index (χ2v) is 8.58. The Hall–Kier alpha value is -0.880. The third-order valence-electron chi connectivity index (χ3n) is 5.39. The van der Waals surface area contributed by atoms with E-state index in [2.05, 4.69) is 30.0 Å². The highest BCUT2D eigenvalue weighted by Gasteiger charge is 2.44. The first-order chi connectivity index (χ1) is 11.7. The first-order valence-corrected chi connectivity index (χ1v) is 10.1. The van der Waals surface area contributed by atoms with Crippen molar-refractivity contribution in [1.82, 2.24) is 4.90 Å². The van der Waals surface area contributed by atoms with Gasteiger partial charge in [0.05, 0.1) is 12.0 Å². The summed E-state index contributed by atoms with van der Waals surface area (Å²) in [6.45, 7) is 7.43. The molecular weight excluding hydrogens is 320 g/mol. The molecule has 5 unspecified atom stereocenters. The van der Waals surface area contributed by atoms with Crippen molar-refractivity contribution >= 4 is 30.2 Å². The molecule has 134 valence electrons. The van der Waals surface area contributed by atoms with Crippen LogP contribution in [0.5, 0.6) is 0 Å². The predicted molar refractivity (Wildman–Crippen MR) is 104 cm³/mol. The van der Waals surface area contributed by atoms with Gasteiger partial charge in [0.25, 0.3) is 0 Å². The summed E-state index contributed by atoms with van der Waals surface area (Å²) in [5, 5.41) is 0.969. The fourth-order valence-electron chi connectivity index (χ4n) is 3.84. The molecule has 1 saturated heterocycles. The topological polar surface area (TPSA) is 49.5 Å². The fourth-order valence-corrected chi connectivity index (χ4v) is 5.36. The Kier molecular flexibility index (Phi) is 6.33. The van der Waals surface area contributed by atoms with E-state index in [1.807, 2.05) is 11.8 Å². The number of aliphatic imine (C=N–C) groups is 3. The normalized spacial score (nSPS) is 35.0. The number of hydrogen-bond acceptors (Lipinski definition) is 6. The van der Waals surface area contributed by atoms with Crippen molar-refractivity contribution in [1.29, 1.82) is 0 Å². The van der Waals surface area contributed by atoms with Gasteiger partial charge >= 0.3 is 0 Å². The first-order valence-electron chi connectivity index (χ1n) is 9.21. The summed E-state index contributed by atoms with van der Waals surface area (Å²) in [5.74, 6) is 2.28. The molecule has 3 rings (SSSR count). The van der Waals surface area contributed by atoms with Gasteiger partial charge in [0.15, 0.2) is 0 Å². The Morgan fingerprint density at radius 3 is 2.96 bits per heavy atom. The Labute approximate surface area is 150 Å². The first kappa shape index (κ1) is 17.9. The van der Waals surface area contributed by atoms with Crippen molar-refractivity contribution < 1.29 is 4.74 Å². The van der Waals surface area contributed by atoms with E-state index < -0.39 is 0 Å². The van der Waals surface area contributed by atoms with Gasteiger partial charge in [0, 0.05) is 32.1 Å². The van der Waals surface area contributed by atoms with Crippen molar-refractivity contribution in [2.24, 2.45) is 26.8 Å². The molecule has 0 radical (unpaired) electrons. The van der Waals surface area contributed by atoms with Crippen LogP contribution in [0.15, 0.2) is 15.0 Å². The molecular formula is C18H30N4OS. The second kappa shape index (κ2) is 8.48. The molecule has 0 aromatic heterocycles. The summed E-state index contributed by atoms with van der Waals surface area (Å²) in [4.78, 5) is 16.6. The number of hydrogen-bond donors (Lipinski definition) is 0. The number of ether oxygens (including phenoxy) is 1. The van der Waals surface area contributed by atoms with Gasteiger partial charge in [-0.1, -0.05) is 13.8 Å². The number of fused-ring (bicyclic) bond motifs is 1. The van der Waals surface area contributed by atoms with Crippen LogP contribution in [-0.4, -0.2) is 66.8 Å². The Morgan fingerprint density at radius 2 is 2.21 bits per heavy atom. The van der Waals surface area contributed by atoms with Crippen molar-refractivity contribution in [3.8, 4) is 0 Å². The van der Waals surface area contributed by atoms with E-state index in [1.54, 1.807) is 13.4 Å². The van der Waals surface area contributed by atoms with Crippen LogP contribution in [0.3, 0.4) is 0 Å². The SMILES string of the molecule is COCCCN(CC1CCCC=N1)C1=NC=NC2SC(C)C(C)C12. The third-order valence-corrected chi connectivity index (χ3v) is 6.94. The van der Waals surface area contributed by atoms with Crippen LogP contribution >= 0.6 is 11.8 Å². The molecule has 3 aliphatic rings. The highest BCUT2D eigenvalue weighted by molar-refractivity contribution is 8.00. The zero-order chi connectivity index (χ0) is 16.9. The maximum atomic E-state index is 5.27. The Morgan fingerprint density at radius 1 is 1.33 bits per heavy atom. The summed E-state index contributed by atoms with van der Waals surface area (Å²) in [7, 11) is 1.77. The predicted octanol–water partition coefficient (Wildman–Crippen LogP) is 3.10. The Balaban J connectivity index is 1.75. The minimum absolute atomic E-state index is 0.335. The molecule has 0 aromatic rings. The molecule has 0 spiro atoms. The number of rotatable bonds is 6. The molecule has 3 heterocycles. The van der Waals surface area contributed by atoms with E-state index in [9.17, 15) is 0 Å². The number of amidine groups is 1. The fraction of sp³-hybridized carbons (Fsp3) is 0.833. The van der Waals surface area contributed by atoms with Crippen LogP contribution < -0.4 is 0 Å². The third kappa shape index (κ3) is 4.02. The lowest BCUT2D eigenvalue weighted by atomic mass is 9.89. The maximum Gasteiger partial charge on any atom is 0.113 e. The van der Waals surface area contributed by atoms with E-state index in [1.165, 1.54) is 18.7 Å². The lowest BCUT2D eigenvalue weighted by molar-refractivity contribution is 0.183. The van der Waals surface area contributed by atoms with Crippen molar-refractivity contribution in [3.63, 3.8) is 0 Å². The van der Waals surface area contributed by atoms with Gasteiger partial charge in [-0.05, 0) is 37.8 Å². The van der Waals surface area contributed by atoms with E-state index in [0.29, 0.717) is 28.5 Å². The molecule has 0 aliphatic carbocycles. The molecule has 0 amide bonds. The average molecular weight is 351 g/mol. The summed E-state index contributed by atoms with van der Waals surface area (Å²) < 4.78 is 5.27. The van der Waals surface area contributed by atoms with Gasteiger partial charge in [0.2, 0.25) is 0 Å². The molecule has 0 bridgehead atoms. The zero-order valence-corrected chi connectivity index (χ0v) is 15.9. The average Bonchev–Trinajstić information content (AvgIpc) is 2.90. The quantitative estimate of drug-likeness (QED) is 0.692. The number of methoxy groups -OCH3 is 1. The summed E-state index contributed by atoms with van der Waals surface area (Å²) >= 11 is 1.99. The lowest BCUT2D eigenvalue weighted by Gasteiger charge is -2.35. The van der Waals surface area contributed by atoms with Crippen LogP contribution in [0.25, 0.3) is 0 Å². The molecule has 24 heavy (non-hydrogen) atoms. The van der Waals surface area contributed by atoms with Gasteiger partial charge in [-0.15, -0.1) is 11.8 Å². The molecule has 1 fully saturated rings. The maximum absolute atomic E-state index is 5.27. The van der Waals surface area contributed by atoms with Crippen LogP contribution in [0.2, 0.25) is 0 Å². The van der Waals surface area contributed by atoms with E-state index in [-0.39, 0.29) is 0 Å². The van der Waals surface area contributed by atoms with Gasteiger partial charge in [-0.3, -0.25) is 9.98 Å². The molecule has 3 aliphatic heterocycles. The van der Waals surface area contributed by atoms with Gasteiger partial charge in [-0.2, -0.15) is 0 Å².